The van der Waals surface area contributed by atoms with Gasteiger partial charge in [0.05, 0.1) is 6.54 Å². The normalized spacial score (nSPS) is 16.8. The molecular formula is C24H34IN7. The molecule has 1 aromatic carbocycles. The van der Waals surface area contributed by atoms with E-state index in [2.05, 4.69) is 67.4 Å². The molecule has 1 aliphatic heterocycles. The minimum absolute atomic E-state index is 0. The summed E-state index contributed by atoms with van der Waals surface area (Å²) in [5.74, 6) is 1.90. The second-order valence-electron chi connectivity index (χ2n) is 8.05. The number of hydrogen-bond donors (Lipinski definition) is 2. The minimum atomic E-state index is 0. The summed E-state index contributed by atoms with van der Waals surface area (Å²) in [6.45, 7) is 6.82. The maximum atomic E-state index is 4.89. The Kier molecular flexibility index (Phi) is 9.73. The molecule has 1 aliphatic rings. The highest BCUT2D eigenvalue weighted by atomic mass is 127. The van der Waals surface area contributed by atoms with E-state index in [1.165, 1.54) is 18.4 Å². The van der Waals surface area contributed by atoms with Gasteiger partial charge in [0.25, 0.3) is 0 Å². The molecule has 32 heavy (non-hydrogen) atoms. The van der Waals surface area contributed by atoms with Crippen molar-refractivity contribution in [3.05, 3.63) is 66.1 Å². The van der Waals surface area contributed by atoms with Crippen LogP contribution in [-0.4, -0.2) is 57.7 Å². The molecule has 1 fully saturated rings. The lowest BCUT2D eigenvalue weighted by molar-refractivity contribution is 0.250. The topological polar surface area (TPSA) is 69.8 Å². The number of nitrogens with one attached hydrogen (secondary N) is 2. The predicted molar refractivity (Wildman–Crippen MR) is 141 cm³/mol. The Labute approximate surface area is 207 Å². The van der Waals surface area contributed by atoms with Crippen molar-refractivity contribution in [2.45, 2.75) is 45.2 Å². The Morgan fingerprint density at radius 1 is 1.09 bits per heavy atom. The fourth-order valence-corrected chi connectivity index (χ4v) is 4.18. The van der Waals surface area contributed by atoms with Crippen molar-refractivity contribution < 1.29 is 0 Å². The van der Waals surface area contributed by atoms with Crippen LogP contribution in [0, 0.1) is 0 Å². The molecule has 0 amide bonds. The summed E-state index contributed by atoms with van der Waals surface area (Å²) in [4.78, 5) is 7.46. The quantitative estimate of drug-likeness (QED) is 0.186. The number of nitrogens with zero attached hydrogens (tertiary/aromatic N) is 5. The van der Waals surface area contributed by atoms with E-state index in [1.807, 2.05) is 24.4 Å². The average Bonchev–Trinajstić information content (AvgIpc) is 3.42. The van der Waals surface area contributed by atoms with Gasteiger partial charge in [0, 0.05) is 38.3 Å². The number of aromatic nitrogens is 3. The number of aliphatic imine (C=N–C) groups is 1. The summed E-state index contributed by atoms with van der Waals surface area (Å²) in [5, 5.41) is 15.4. The second kappa shape index (κ2) is 12.7. The lowest BCUT2D eigenvalue weighted by atomic mass is 10.2. The largest absolute Gasteiger partial charge is 0.357 e. The van der Waals surface area contributed by atoms with Gasteiger partial charge in [0.15, 0.2) is 11.6 Å². The number of halogens is 1. The number of pyridine rings is 1. The van der Waals surface area contributed by atoms with Crippen LogP contribution in [0.15, 0.2) is 59.7 Å². The van der Waals surface area contributed by atoms with Gasteiger partial charge in [-0.1, -0.05) is 36.4 Å². The molecule has 3 heterocycles. The van der Waals surface area contributed by atoms with Crippen molar-refractivity contribution in [1.82, 2.24) is 30.1 Å². The first-order valence-corrected chi connectivity index (χ1v) is 11.4. The van der Waals surface area contributed by atoms with Crippen LogP contribution in [0.3, 0.4) is 0 Å². The standard InChI is InChI=1S/C24H33N7.HI/c1-2-25-24(26-15-8-14-23-29-28-22-13-6-7-17-31(22)23)27-18-21-12-9-16-30(21)19-20-10-4-3-5-11-20;/h3-7,10-11,13,17,21H,2,8-9,12,14-16,18-19H2,1H3,(H2,25,26,27);1H. The van der Waals surface area contributed by atoms with Gasteiger partial charge in [-0.15, -0.1) is 34.2 Å². The number of rotatable bonds is 9. The van der Waals surface area contributed by atoms with E-state index < -0.39 is 0 Å². The molecule has 2 N–H and O–H groups in total. The summed E-state index contributed by atoms with van der Waals surface area (Å²) < 4.78 is 2.06. The number of guanidine groups is 1. The van der Waals surface area contributed by atoms with Gasteiger partial charge in [-0.2, -0.15) is 0 Å². The van der Waals surface area contributed by atoms with Gasteiger partial charge in [-0.25, -0.2) is 0 Å². The van der Waals surface area contributed by atoms with Gasteiger partial charge >= 0.3 is 0 Å². The van der Waals surface area contributed by atoms with E-state index in [1.54, 1.807) is 0 Å². The molecule has 0 bridgehead atoms. The van der Waals surface area contributed by atoms with Gasteiger partial charge in [0.1, 0.15) is 5.82 Å². The first-order chi connectivity index (χ1) is 15.3. The van der Waals surface area contributed by atoms with Crippen molar-refractivity contribution in [2.75, 3.05) is 26.2 Å². The third kappa shape index (κ3) is 6.65. The number of fused-ring (bicyclic) bond motifs is 1. The number of likely N-dealkylation sites (tertiary alicyclic amines) is 1. The number of benzene rings is 1. The molecule has 1 unspecified atom stereocenters. The Morgan fingerprint density at radius 2 is 1.94 bits per heavy atom. The van der Waals surface area contributed by atoms with E-state index in [0.29, 0.717) is 6.04 Å². The van der Waals surface area contributed by atoms with Crippen molar-refractivity contribution in [3.8, 4) is 0 Å². The average molecular weight is 547 g/mol. The Balaban J connectivity index is 0.00000289. The molecule has 0 spiro atoms. The van der Waals surface area contributed by atoms with Crippen LogP contribution in [0.2, 0.25) is 0 Å². The summed E-state index contributed by atoms with van der Waals surface area (Å²) in [6, 6.07) is 17.2. The van der Waals surface area contributed by atoms with Crippen molar-refractivity contribution in [1.29, 1.82) is 0 Å². The highest BCUT2D eigenvalue weighted by Crippen LogP contribution is 2.20. The Hall–Kier alpha value is -2.20. The smallest absolute Gasteiger partial charge is 0.191 e. The van der Waals surface area contributed by atoms with Crippen LogP contribution in [0.1, 0.15) is 37.6 Å². The van der Waals surface area contributed by atoms with Gasteiger partial charge in [-0.3, -0.25) is 14.3 Å². The van der Waals surface area contributed by atoms with E-state index in [9.17, 15) is 0 Å². The first-order valence-electron chi connectivity index (χ1n) is 11.4. The predicted octanol–water partition coefficient (Wildman–Crippen LogP) is 3.50. The number of hydrogen-bond acceptors (Lipinski definition) is 4. The van der Waals surface area contributed by atoms with Crippen molar-refractivity contribution >= 4 is 35.6 Å². The summed E-state index contributed by atoms with van der Waals surface area (Å²) in [7, 11) is 0. The summed E-state index contributed by atoms with van der Waals surface area (Å²) in [5.41, 5.74) is 2.28. The molecule has 0 aliphatic carbocycles. The van der Waals surface area contributed by atoms with Crippen LogP contribution in [0.25, 0.3) is 5.65 Å². The van der Waals surface area contributed by atoms with Crippen LogP contribution < -0.4 is 10.6 Å². The summed E-state index contributed by atoms with van der Waals surface area (Å²) >= 11 is 0. The van der Waals surface area contributed by atoms with Crippen LogP contribution in [0.5, 0.6) is 0 Å². The molecule has 0 radical (unpaired) electrons. The zero-order valence-electron chi connectivity index (χ0n) is 18.8. The van der Waals surface area contributed by atoms with Crippen LogP contribution >= 0.6 is 24.0 Å². The Morgan fingerprint density at radius 3 is 2.78 bits per heavy atom. The van der Waals surface area contributed by atoms with Gasteiger partial charge in [-0.05, 0) is 50.4 Å². The van der Waals surface area contributed by atoms with Crippen molar-refractivity contribution in [2.24, 2.45) is 4.99 Å². The van der Waals surface area contributed by atoms with Gasteiger partial charge < -0.3 is 10.6 Å². The molecule has 7 nitrogen and oxygen atoms in total. The minimum Gasteiger partial charge on any atom is -0.357 e. The van der Waals surface area contributed by atoms with E-state index in [4.69, 9.17) is 4.99 Å². The molecule has 3 aromatic rings. The zero-order valence-corrected chi connectivity index (χ0v) is 21.1. The second-order valence-corrected chi connectivity index (χ2v) is 8.05. The number of aryl methyl sites for hydroxylation is 1. The molecular weight excluding hydrogens is 513 g/mol. The molecule has 2 aromatic heterocycles. The van der Waals surface area contributed by atoms with E-state index >= 15 is 0 Å². The fraction of sp³-hybridized carbons (Fsp3) is 0.458. The van der Waals surface area contributed by atoms with Crippen LogP contribution in [-0.2, 0) is 13.0 Å². The lowest BCUT2D eigenvalue weighted by Crippen LogP contribution is -2.39. The molecule has 4 rings (SSSR count). The lowest BCUT2D eigenvalue weighted by Gasteiger charge is -2.23. The molecule has 1 atom stereocenters. The van der Waals surface area contributed by atoms with Crippen LogP contribution in [0.4, 0.5) is 0 Å². The maximum Gasteiger partial charge on any atom is 0.191 e. The summed E-state index contributed by atoms with van der Waals surface area (Å²) in [6.07, 6.45) is 6.35. The molecule has 1 saturated heterocycles. The van der Waals surface area contributed by atoms with Crippen molar-refractivity contribution in [3.63, 3.8) is 0 Å². The zero-order chi connectivity index (χ0) is 21.3. The van der Waals surface area contributed by atoms with E-state index in [-0.39, 0.29) is 24.0 Å². The third-order valence-corrected chi connectivity index (χ3v) is 5.79. The Bertz CT molecular complexity index is 973. The third-order valence-electron chi connectivity index (χ3n) is 5.79. The monoisotopic (exact) mass is 547 g/mol. The molecule has 8 heteroatoms. The highest BCUT2D eigenvalue weighted by molar-refractivity contribution is 14.0. The fourth-order valence-electron chi connectivity index (χ4n) is 4.18. The van der Waals surface area contributed by atoms with E-state index in [0.717, 1.165) is 63.0 Å². The molecule has 172 valence electrons. The van der Waals surface area contributed by atoms with Gasteiger partial charge in [0.2, 0.25) is 0 Å². The SMILES string of the molecule is CCNC(=NCC1CCCN1Cc1ccccc1)NCCCc1nnc2ccccn12.I. The highest BCUT2D eigenvalue weighted by Gasteiger charge is 2.24. The maximum absolute atomic E-state index is 4.89. The first kappa shape index (κ1) is 24.4. The molecule has 0 saturated carbocycles.